The van der Waals surface area contributed by atoms with Crippen LogP contribution in [-0.2, 0) is 12.6 Å². The summed E-state index contributed by atoms with van der Waals surface area (Å²) >= 11 is 0. The standard InChI is InChI=1S/C16H21N3O2/c1-18-15(14(21-2)12-17-18)16(20)8-10-19(11-9-16)13-6-4-3-5-7-13/h3-7,12,20H,8-11H2,1-2H3. The highest BCUT2D eigenvalue weighted by molar-refractivity contribution is 5.47. The van der Waals surface area contributed by atoms with E-state index in [1.54, 1.807) is 18.0 Å². The number of aromatic nitrogens is 2. The first kappa shape index (κ1) is 13.9. The van der Waals surface area contributed by atoms with Gasteiger partial charge in [0.2, 0.25) is 0 Å². The van der Waals surface area contributed by atoms with Gasteiger partial charge in [-0.15, -0.1) is 0 Å². The van der Waals surface area contributed by atoms with Crippen LogP contribution in [0.1, 0.15) is 18.5 Å². The third-order valence-corrected chi connectivity index (χ3v) is 4.28. The number of para-hydroxylation sites is 1. The van der Waals surface area contributed by atoms with Crippen molar-refractivity contribution in [3.8, 4) is 5.75 Å². The van der Waals surface area contributed by atoms with E-state index < -0.39 is 5.60 Å². The van der Waals surface area contributed by atoms with Gasteiger partial charge in [0, 0.05) is 25.8 Å². The van der Waals surface area contributed by atoms with Gasteiger partial charge in [-0.05, 0) is 25.0 Å². The Balaban J connectivity index is 1.79. The van der Waals surface area contributed by atoms with Crippen molar-refractivity contribution in [3.63, 3.8) is 0 Å². The second-order valence-corrected chi connectivity index (χ2v) is 5.54. The molecule has 21 heavy (non-hydrogen) atoms. The average molecular weight is 287 g/mol. The summed E-state index contributed by atoms with van der Waals surface area (Å²) in [5.74, 6) is 0.660. The molecule has 1 saturated heterocycles. The smallest absolute Gasteiger partial charge is 0.162 e. The number of anilines is 1. The van der Waals surface area contributed by atoms with Crippen molar-refractivity contribution in [3.05, 3.63) is 42.2 Å². The van der Waals surface area contributed by atoms with Crippen LogP contribution >= 0.6 is 0 Å². The Morgan fingerprint density at radius 2 is 1.86 bits per heavy atom. The number of ether oxygens (including phenoxy) is 1. The van der Waals surface area contributed by atoms with E-state index in [0.29, 0.717) is 18.6 Å². The van der Waals surface area contributed by atoms with E-state index in [1.807, 2.05) is 25.2 Å². The molecule has 0 unspecified atom stereocenters. The van der Waals surface area contributed by atoms with Crippen molar-refractivity contribution in [2.45, 2.75) is 18.4 Å². The molecule has 0 bridgehead atoms. The SMILES string of the molecule is COc1cnn(C)c1C1(O)CCN(c2ccccc2)CC1. The quantitative estimate of drug-likeness (QED) is 0.937. The van der Waals surface area contributed by atoms with E-state index in [-0.39, 0.29) is 0 Å². The highest BCUT2D eigenvalue weighted by atomic mass is 16.5. The van der Waals surface area contributed by atoms with Crippen LogP contribution in [0.3, 0.4) is 0 Å². The second kappa shape index (κ2) is 5.41. The number of hydrogen-bond donors (Lipinski definition) is 1. The number of rotatable bonds is 3. The number of nitrogens with zero attached hydrogens (tertiary/aromatic N) is 3. The summed E-state index contributed by atoms with van der Waals surface area (Å²) in [6, 6.07) is 10.3. The fourth-order valence-corrected chi connectivity index (χ4v) is 3.11. The van der Waals surface area contributed by atoms with Gasteiger partial charge in [-0.25, -0.2) is 0 Å². The van der Waals surface area contributed by atoms with E-state index in [1.165, 1.54) is 5.69 Å². The number of methoxy groups -OCH3 is 1. The summed E-state index contributed by atoms with van der Waals surface area (Å²) in [5.41, 5.74) is 1.11. The highest BCUT2D eigenvalue weighted by Crippen LogP contribution is 2.38. The Kier molecular flexibility index (Phi) is 3.59. The molecular formula is C16H21N3O2. The number of benzene rings is 1. The molecule has 1 aromatic carbocycles. The lowest BCUT2D eigenvalue weighted by Crippen LogP contribution is -2.43. The van der Waals surface area contributed by atoms with Crippen LogP contribution in [0.5, 0.6) is 5.75 Å². The molecule has 1 aliphatic heterocycles. The van der Waals surface area contributed by atoms with Crippen molar-refractivity contribution >= 4 is 5.69 Å². The summed E-state index contributed by atoms with van der Waals surface area (Å²) in [7, 11) is 3.46. The number of piperidine rings is 1. The third kappa shape index (κ3) is 2.49. The minimum Gasteiger partial charge on any atom is -0.493 e. The van der Waals surface area contributed by atoms with Crippen LogP contribution < -0.4 is 9.64 Å². The molecule has 1 aliphatic rings. The molecule has 5 nitrogen and oxygen atoms in total. The van der Waals surface area contributed by atoms with Crippen molar-refractivity contribution in [2.24, 2.45) is 7.05 Å². The third-order valence-electron chi connectivity index (χ3n) is 4.28. The highest BCUT2D eigenvalue weighted by Gasteiger charge is 2.39. The van der Waals surface area contributed by atoms with Gasteiger partial charge in [0.15, 0.2) is 5.75 Å². The van der Waals surface area contributed by atoms with Gasteiger partial charge in [0.25, 0.3) is 0 Å². The maximum atomic E-state index is 11.0. The molecule has 0 radical (unpaired) electrons. The van der Waals surface area contributed by atoms with E-state index in [2.05, 4.69) is 22.1 Å². The Labute approximate surface area is 124 Å². The molecule has 5 heteroatoms. The predicted molar refractivity (Wildman–Crippen MR) is 81.5 cm³/mol. The minimum absolute atomic E-state index is 0.660. The monoisotopic (exact) mass is 287 g/mol. The lowest BCUT2D eigenvalue weighted by atomic mass is 9.87. The molecule has 1 N–H and O–H groups in total. The van der Waals surface area contributed by atoms with Crippen LogP contribution in [0.4, 0.5) is 5.69 Å². The number of aryl methyl sites for hydroxylation is 1. The molecule has 0 aliphatic carbocycles. The fourth-order valence-electron chi connectivity index (χ4n) is 3.11. The van der Waals surface area contributed by atoms with Crippen molar-refractivity contribution in [1.29, 1.82) is 0 Å². The first-order chi connectivity index (χ1) is 10.1. The maximum Gasteiger partial charge on any atom is 0.162 e. The average Bonchev–Trinajstić information content (AvgIpc) is 2.90. The molecule has 1 aromatic heterocycles. The summed E-state index contributed by atoms with van der Waals surface area (Å²) < 4.78 is 7.06. The second-order valence-electron chi connectivity index (χ2n) is 5.54. The maximum absolute atomic E-state index is 11.0. The molecule has 2 heterocycles. The van der Waals surface area contributed by atoms with Crippen LogP contribution in [0.2, 0.25) is 0 Å². The van der Waals surface area contributed by atoms with E-state index in [9.17, 15) is 5.11 Å². The zero-order chi connectivity index (χ0) is 14.9. The summed E-state index contributed by atoms with van der Waals surface area (Å²) in [4.78, 5) is 2.30. The van der Waals surface area contributed by atoms with Gasteiger partial charge >= 0.3 is 0 Å². The lowest BCUT2D eigenvalue weighted by Gasteiger charge is -2.39. The van der Waals surface area contributed by atoms with E-state index in [0.717, 1.165) is 18.8 Å². The topological polar surface area (TPSA) is 50.5 Å². The molecule has 0 spiro atoms. The summed E-state index contributed by atoms with van der Waals surface area (Å²) in [6.45, 7) is 1.63. The minimum atomic E-state index is -0.873. The summed E-state index contributed by atoms with van der Waals surface area (Å²) in [6.07, 6.45) is 2.99. The van der Waals surface area contributed by atoms with Gasteiger partial charge in [-0.1, -0.05) is 18.2 Å². The molecule has 1 fully saturated rings. The van der Waals surface area contributed by atoms with Crippen molar-refractivity contribution < 1.29 is 9.84 Å². The molecule has 112 valence electrons. The largest absolute Gasteiger partial charge is 0.493 e. The molecule has 2 aromatic rings. The van der Waals surface area contributed by atoms with Crippen LogP contribution in [0, 0.1) is 0 Å². The molecule has 3 rings (SSSR count). The lowest BCUT2D eigenvalue weighted by molar-refractivity contribution is 0.00207. The molecular weight excluding hydrogens is 266 g/mol. The van der Waals surface area contributed by atoms with Gasteiger partial charge < -0.3 is 14.7 Å². The Morgan fingerprint density at radius 3 is 2.48 bits per heavy atom. The molecule has 0 atom stereocenters. The van der Waals surface area contributed by atoms with Crippen LogP contribution in [0.15, 0.2) is 36.5 Å². The number of hydrogen-bond acceptors (Lipinski definition) is 4. The zero-order valence-electron chi connectivity index (χ0n) is 12.5. The molecule has 0 saturated carbocycles. The number of aliphatic hydroxyl groups is 1. The fraction of sp³-hybridized carbons (Fsp3) is 0.438. The predicted octanol–water partition coefficient (Wildman–Crippen LogP) is 1.92. The molecule has 0 amide bonds. The first-order valence-electron chi connectivity index (χ1n) is 7.23. The van der Waals surface area contributed by atoms with Crippen LogP contribution in [-0.4, -0.2) is 35.1 Å². The normalized spacial score (nSPS) is 17.8. The Hall–Kier alpha value is -2.01. The van der Waals surface area contributed by atoms with Crippen molar-refractivity contribution in [2.75, 3.05) is 25.1 Å². The van der Waals surface area contributed by atoms with Crippen LogP contribution in [0.25, 0.3) is 0 Å². The van der Waals surface area contributed by atoms with Gasteiger partial charge in [0.05, 0.1) is 13.3 Å². The zero-order valence-corrected chi connectivity index (χ0v) is 12.5. The van der Waals surface area contributed by atoms with Crippen molar-refractivity contribution in [1.82, 2.24) is 9.78 Å². The van der Waals surface area contributed by atoms with Gasteiger partial charge in [0.1, 0.15) is 11.3 Å². The Bertz CT molecular complexity index is 601. The van der Waals surface area contributed by atoms with Gasteiger partial charge in [-0.2, -0.15) is 5.10 Å². The summed E-state index contributed by atoms with van der Waals surface area (Å²) in [5, 5.41) is 15.2. The van der Waals surface area contributed by atoms with E-state index >= 15 is 0 Å². The first-order valence-corrected chi connectivity index (χ1v) is 7.23. The van der Waals surface area contributed by atoms with Gasteiger partial charge in [-0.3, -0.25) is 4.68 Å². The van der Waals surface area contributed by atoms with E-state index in [4.69, 9.17) is 4.74 Å². The Morgan fingerprint density at radius 1 is 1.19 bits per heavy atom.